The third-order valence-corrected chi connectivity index (χ3v) is 2.27. The van der Waals surface area contributed by atoms with Crippen molar-refractivity contribution >= 4 is 33.5 Å². The van der Waals surface area contributed by atoms with Crippen LogP contribution in [0.2, 0.25) is 0 Å². The molecule has 0 saturated carbocycles. The number of amides is 1. The van der Waals surface area contributed by atoms with Crippen LogP contribution in [-0.4, -0.2) is 16.7 Å². The molecule has 1 aromatic rings. The molecule has 0 aliphatic carbocycles. The number of para-hydroxylation sites is 1. The highest BCUT2D eigenvalue weighted by molar-refractivity contribution is 9.10. The number of nitrogens with one attached hydrogen (secondary N) is 1. The van der Waals surface area contributed by atoms with Crippen molar-refractivity contribution in [3.05, 3.63) is 30.3 Å². The second-order valence-electron chi connectivity index (χ2n) is 2.54. The lowest BCUT2D eigenvalue weighted by molar-refractivity contribution is -0.303. The molecule has 0 heterocycles. The molecule has 5 heteroatoms. The van der Waals surface area contributed by atoms with Crippen LogP contribution in [-0.2, 0) is 9.59 Å². The first-order valence-electron chi connectivity index (χ1n) is 3.82. The zero-order valence-electron chi connectivity index (χ0n) is 7.07. The van der Waals surface area contributed by atoms with Crippen molar-refractivity contribution in [3.63, 3.8) is 0 Å². The van der Waals surface area contributed by atoms with Crippen molar-refractivity contribution < 1.29 is 14.7 Å². The number of carboxylic acid groups (broad SMARTS) is 1. The minimum Gasteiger partial charge on any atom is -0.548 e. The van der Waals surface area contributed by atoms with Crippen LogP contribution in [0.25, 0.3) is 0 Å². The van der Waals surface area contributed by atoms with E-state index in [2.05, 4.69) is 21.2 Å². The molecule has 0 bridgehead atoms. The minimum absolute atomic E-state index is 0.545. The molecule has 1 rings (SSSR count). The molecular weight excluding hydrogens is 250 g/mol. The number of carboxylic acids is 1. The largest absolute Gasteiger partial charge is 0.548 e. The standard InChI is InChI=1S/C9H8BrNO3/c10-7(9(13)14)8(12)11-6-4-2-1-3-5-6/h1-5,7H,(H,11,12)(H,13,14)/p-1. The predicted octanol–water partition coefficient (Wildman–Crippen LogP) is 0.138. The molecule has 0 aliphatic rings. The van der Waals surface area contributed by atoms with Gasteiger partial charge in [-0.05, 0) is 12.1 Å². The van der Waals surface area contributed by atoms with E-state index >= 15 is 0 Å². The van der Waals surface area contributed by atoms with Crippen molar-refractivity contribution in [1.82, 2.24) is 0 Å². The summed E-state index contributed by atoms with van der Waals surface area (Å²) >= 11 is 2.69. The SMILES string of the molecule is O=C([O-])C(Br)C(=O)Nc1ccccc1. The van der Waals surface area contributed by atoms with E-state index in [1.54, 1.807) is 30.3 Å². The molecular formula is C9H7BrNO3-. The summed E-state index contributed by atoms with van der Waals surface area (Å²) < 4.78 is 0. The van der Waals surface area contributed by atoms with E-state index in [9.17, 15) is 14.7 Å². The Hall–Kier alpha value is -1.36. The van der Waals surface area contributed by atoms with E-state index < -0.39 is 16.7 Å². The predicted molar refractivity (Wildman–Crippen MR) is 52.8 cm³/mol. The Kier molecular flexibility index (Phi) is 3.64. The fourth-order valence-electron chi connectivity index (χ4n) is 0.834. The molecule has 0 saturated heterocycles. The third-order valence-electron chi connectivity index (χ3n) is 1.48. The second kappa shape index (κ2) is 4.76. The maximum Gasteiger partial charge on any atom is 0.243 e. The monoisotopic (exact) mass is 256 g/mol. The summed E-state index contributed by atoms with van der Waals surface area (Å²) in [6, 6.07) is 8.58. The van der Waals surface area contributed by atoms with Crippen LogP contribution < -0.4 is 10.4 Å². The molecule has 0 radical (unpaired) electrons. The van der Waals surface area contributed by atoms with E-state index in [1.165, 1.54) is 0 Å². The zero-order chi connectivity index (χ0) is 10.6. The lowest BCUT2D eigenvalue weighted by Gasteiger charge is -2.10. The lowest BCUT2D eigenvalue weighted by atomic mass is 10.3. The summed E-state index contributed by atoms with van der Waals surface area (Å²) in [5.41, 5.74) is 0.545. The number of halogens is 1. The average molecular weight is 257 g/mol. The normalized spacial score (nSPS) is 11.8. The summed E-state index contributed by atoms with van der Waals surface area (Å²) in [5.74, 6) is -2.12. The smallest absolute Gasteiger partial charge is 0.243 e. The van der Waals surface area contributed by atoms with Crippen LogP contribution in [0.3, 0.4) is 0 Å². The zero-order valence-corrected chi connectivity index (χ0v) is 8.65. The number of anilines is 1. The topological polar surface area (TPSA) is 69.2 Å². The first-order valence-corrected chi connectivity index (χ1v) is 4.73. The Labute approximate surface area is 89.1 Å². The third kappa shape index (κ3) is 2.85. The van der Waals surface area contributed by atoms with Gasteiger partial charge in [0.2, 0.25) is 5.91 Å². The van der Waals surface area contributed by atoms with Gasteiger partial charge in [0.1, 0.15) is 4.83 Å². The quantitative estimate of drug-likeness (QED) is 0.618. The maximum atomic E-state index is 11.2. The number of alkyl halides is 1. The first kappa shape index (κ1) is 10.7. The summed E-state index contributed by atoms with van der Waals surface area (Å²) in [5, 5.41) is 12.7. The molecule has 1 atom stereocenters. The Bertz CT molecular complexity index is 339. The van der Waals surface area contributed by atoms with Gasteiger partial charge in [0.15, 0.2) is 0 Å². The van der Waals surface area contributed by atoms with Crippen LogP contribution in [0.5, 0.6) is 0 Å². The van der Waals surface area contributed by atoms with Gasteiger partial charge in [0.25, 0.3) is 0 Å². The molecule has 1 unspecified atom stereocenters. The van der Waals surface area contributed by atoms with Gasteiger partial charge >= 0.3 is 0 Å². The molecule has 0 fully saturated rings. The lowest BCUT2D eigenvalue weighted by Crippen LogP contribution is -2.39. The number of benzene rings is 1. The first-order chi connectivity index (χ1) is 6.61. The van der Waals surface area contributed by atoms with Crippen LogP contribution in [0.4, 0.5) is 5.69 Å². The van der Waals surface area contributed by atoms with Gasteiger partial charge in [-0.25, -0.2) is 0 Å². The number of hydrogen-bond acceptors (Lipinski definition) is 3. The fraction of sp³-hybridized carbons (Fsp3) is 0.111. The van der Waals surface area contributed by atoms with Crippen molar-refractivity contribution in [3.8, 4) is 0 Å². The molecule has 0 aliphatic heterocycles. The van der Waals surface area contributed by atoms with Gasteiger partial charge in [0.05, 0.1) is 5.97 Å². The number of rotatable bonds is 3. The molecule has 1 aromatic carbocycles. The van der Waals surface area contributed by atoms with E-state index in [1.807, 2.05) is 0 Å². The maximum absolute atomic E-state index is 11.2. The molecule has 0 aromatic heterocycles. The highest BCUT2D eigenvalue weighted by atomic mass is 79.9. The van der Waals surface area contributed by atoms with Gasteiger partial charge in [-0.15, -0.1) is 0 Å². The fourth-order valence-corrected chi connectivity index (χ4v) is 0.949. The van der Waals surface area contributed by atoms with E-state index in [0.29, 0.717) is 5.69 Å². The van der Waals surface area contributed by atoms with Crippen LogP contribution in [0, 0.1) is 0 Å². The Balaban J connectivity index is 2.62. The van der Waals surface area contributed by atoms with Gasteiger partial charge in [-0.2, -0.15) is 0 Å². The van der Waals surface area contributed by atoms with Crippen molar-refractivity contribution in [2.45, 2.75) is 4.83 Å². The number of carbonyl (C=O) groups is 2. The van der Waals surface area contributed by atoms with E-state index in [4.69, 9.17) is 0 Å². The number of carbonyl (C=O) groups excluding carboxylic acids is 2. The van der Waals surface area contributed by atoms with Crippen molar-refractivity contribution in [2.75, 3.05) is 5.32 Å². The highest BCUT2D eigenvalue weighted by Gasteiger charge is 2.15. The van der Waals surface area contributed by atoms with Crippen LogP contribution >= 0.6 is 15.9 Å². The van der Waals surface area contributed by atoms with E-state index in [0.717, 1.165) is 0 Å². The summed E-state index contributed by atoms with van der Waals surface area (Å²) in [7, 11) is 0. The Morgan fingerprint density at radius 1 is 1.29 bits per heavy atom. The average Bonchev–Trinajstić information content (AvgIpc) is 2.18. The Morgan fingerprint density at radius 3 is 2.36 bits per heavy atom. The van der Waals surface area contributed by atoms with Crippen molar-refractivity contribution in [2.24, 2.45) is 0 Å². The second-order valence-corrected chi connectivity index (χ2v) is 3.45. The summed E-state index contributed by atoms with van der Waals surface area (Å²) in [6.07, 6.45) is 0. The molecule has 0 spiro atoms. The van der Waals surface area contributed by atoms with Crippen molar-refractivity contribution in [1.29, 1.82) is 0 Å². The number of hydrogen-bond donors (Lipinski definition) is 1. The van der Waals surface area contributed by atoms with Gasteiger partial charge in [-0.1, -0.05) is 34.1 Å². The molecule has 4 nitrogen and oxygen atoms in total. The molecule has 14 heavy (non-hydrogen) atoms. The highest BCUT2D eigenvalue weighted by Crippen LogP contribution is 2.08. The number of aliphatic carboxylic acids is 1. The molecule has 1 amide bonds. The summed E-state index contributed by atoms with van der Waals surface area (Å²) in [6.45, 7) is 0. The minimum atomic E-state index is -1.46. The van der Waals surface area contributed by atoms with Crippen LogP contribution in [0.1, 0.15) is 0 Å². The van der Waals surface area contributed by atoms with Crippen LogP contribution in [0.15, 0.2) is 30.3 Å². The van der Waals surface area contributed by atoms with E-state index in [-0.39, 0.29) is 0 Å². The molecule has 1 N–H and O–H groups in total. The van der Waals surface area contributed by atoms with Gasteiger partial charge < -0.3 is 15.2 Å². The summed E-state index contributed by atoms with van der Waals surface area (Å²) in [4.78, 5) is 20.2. The Morgan fingerprint density at radius 2 is 1.86 bits per heavy atom. The molecule has 74 valence electrons. The van der Waals surface area contributed by atoms with Gasteiger partial charge in [-0.3, -0.25) is 4.79 Å². The van der Waals surface area contributed by atoms with Gasteiger partial charge in [0, 0.05) is 5.69 Å².